The van der Waals surface area contributed by atoms with E-state index in [4.69, 9.17) is 10.00 Å². The van der Waals surface area contributed by atoms with Crippen LogP contribution in [0.1, 0.15) is 26.4 Å². The molecule has 1 N–H and O–H groups in total. The number of ether oxygens (including phenoxy) is 1. The lowest BCUT2D eigenvalue weighted by Crippen LogP contribution is -2.16. The predicted molar refractivity (Wildman–Crippen MR) is 114 cm³/mol. The molecule has 0 saturated carbocycles. The number of thiophene rings is 1. The van der Waals surface area contributed by atoms with Crippen molar-refractivity contribution in [2.24, 2.45) is 5.10 Å². The zero-order valence-corrected chi connectivity index (χ0v) is 17.0. The lowest BCUT2D eigenvalue weighted by molar-refractivity contribution is 0.0959. The third-order valence-electron chi connectivity index (χ3n) is 3.60. The molecule has 27 heavy (non-hydrogen) atoms. The van der Waals surface area contributed by atoms with Crippen LogP contribution in [-0.4, -0.2) is 12.1 Å². The van der Waals surface area contributed by atoms with Crippen LogP contribution in [0.4, 0.5) is 0 Å². The van der Waals surface area contributed by atoms with Gasteiger partial charge in [-0.1, -0.05) is 24.3 Å². The summed E-state index contributed by atoms with van der Waals surface area (Å²) in [5.41, 5.74) is 4.80. The van der Waals surface area contributed by atoms with E-state index < -0.39 is 0 Å². The smallest absolute Gasteiger partial charge is 0.281 e. The topological polar surface area (TPSA) is 74.5 Å². The molecule has 2 aromatic carbocycles. The molecule has 3 rings (SSSR count). The highest BCUT2D eigenvalue weighted by atomic mass is 127. The first-order valence-electron chi connectivity index (χ1n) is 7.94. The Morgan fingerprint density at radius 1 is 1.26 bits per heavy atom. The van der Waals surface area contributed by atoms with Crippen molar-refractivity contribution in [2.75, 3.05) is 0 Å². The van der Waals surface area contributed by atoms with Crippen LogP contribution in [0.3, 0.4) is 0 Å². The zero-order valence-electron chi connectivity index (χ0n) is 14.1. The van der Waals surface area contributed by atoms with E-state index in [1.165, 1.54) is 11.3 Å². The molecular weight excluding hydrogens is 473 g/mol. The number of benzene rings is 2. The number of halogens is 1. The van der Waals surface area contributed by atoms with Gasteiger partial charge in [0.25, 0.3) is 5.91 Å². The van der Waals surface area contributed by atoms with Gasteiger partial charge in [0.15, 0.2) is 0 Å². The van der Waals surface area contributed by atoms with Crippen molar-refractivity contribution < 1.29 is 9.53 Å². The largest absolute Gasteiger partial charge is 0.488 e. The van der Waals surface area contributed by atoms with Crippen LogP contribution in [0.2, 0.25) is 0 Å². The summed E-state index contributed by atoms with van der Waals surface area (Å²) >= 11 is 3.55. The maximum atomic E-state index is 11.8. The molecule has 5 nitrogen and oxygen atoms in total. The summed E-state index contributed by atoms with van der Waals surface area (Å²) < 4.78 is 6.75. The first-order chi connectivity index (χ1) is 13.2. The predicted octanol–water partition coefficient (Wildman–Crippen LogP) is 4.57. The first kappa shape index (κ1) is 19.1. The van der Waals surface area contributed by atoms with Gasteiger partial charge in [-0.25, -0.2) is 5.43 Å². The van der Waals surface area contributed by atoms with Gasteiger partial charge >= 0.3 is 0 Å². The van der Waals surface area contributed by atoms with E-state index in [2.05, 4.69) is 39.2 Å². The van der Waals surface area contributed by atoms with Gasteiger partial charge in [0.1, 0.15) is 12.4 Å². The lowest BCUT2D eigenvalue weighted by atomic mass is 10.1. The monoisotopic (exact) mass is 487 g/mol. The van der Waals surface area contributed by atoms with Gasteiger partial charge in [0.05, 0.1) is 26.3 Å². The van der Waals surface area contributed by atoms with Crippen LogP contribution in [0.5, 0.6) is 5.75 Å². The minimum atomic E-state index is -0.230. The third kappa shape index (κ3) is 5.15. The number of nitrogens with one attached hydrogen (secondary N) is 1. The second-order valence-corrected chi connectivity index (χ2v) is 7.53. The van der Waals surface area contributed by atoms with Crippen molar-refractivity contribution in [1.29, 1.82) is 5.26 Å². The van der Waals surface area contributed by atoms with E-state index in [-0.39, 0.29) is 5.91 Å². The zero-order chi connectivity index (χ0) is 19.1. The van der Waals surface area contributed by atoms with E-state index in [9.17, 15) is 4.79 Å². The summed E-state index contributed by atoms with van der Waals surface area (Å²) in [6.07, 6.45) is 1.59. The molecule has 0 aliphatic carbocycles. The molecule has 0 bridgehead atoms. The van der Waals surface area contributed by atoms with Crippen molar-refractivity contribution in [2.45, 2.75) is 6.61 Å². The van der Waals surface area contributed by atoms with Crippen molar-refractivity contribution in [1.82, 2.24) is 5.43 Å². The van der Waals surface area contributed by atoms with Crippen molar-refractivity contribution >= 4 is 46.0 Å². The van der Waals surface area contributed by atoms with Crippen LogP contribution >= 0.6 is 33.9 Å². The summed E-state index contributed by atoms with van der Waals surface area (Å²) in [6.45, 7) is 0.323. The van der Waals surface area contributed by atoms with E-state index >= 15 is 0 Å². The van der Waals surface area contributed by atoms with Crippen LogP contribution < -0.4 is 10.2 Å². The van der Waals surface area contributed by atoms with Gasteiger partial charge in [-0.2, -0.15) is 10.4 Å². The Bertz CT molecular complexity index is 1010. The summed E-state index contributed by atoms with van der Waals surface area (Å²) in [7, 11) is 0. The molecule has 0 aliphatic rings. The summed E-state index contributed by atoms with van der Waals surface area (Å²) in [5.74, 6) is 0.496. The second-order valence-electron chi connectivity index (χ2n) is 5.42. The Labute approximate surface area is 174 Å². The minimum Gasteiger partial charge on any atom is -0.488 e. The average molecular weight is 487 g/mol. The van der Waals surface area contributed by atoms with Crippen LogP contribution in [-0.2, 0) is 6.61 Å². The molecule has 0 fully saturated rings. The van der Waals surface area contributed by atoms with Gasteiger partial charge < -0.3 is 4.74 Å². The molecule has 0 saturated heterocycles. The quantitative estimate of drug-likeness (QED) is 0.315. The Kier molecular flexibility index (Phi) is 6.57. The summed E-state index contributed by atoms with van der Waals surface area (Å²) in [6, 6.07) is 18.7. The number of hydrogen-bond acceptors (Lipinski definition) is 5. The standard InChI is InChI=1S/C20H14IN3O2S/c21-17-10-14(12-23-24-20(25)19-6-3-9-27-19)7-8-18(17)26-13-16-5-2-1-4-15(16)11-22/h1-10,12H,13H2,(H,24,25)/b23-12-. The minimum absolute atomic E-state index is 0.230. The van der Waals surface area contributed by atoms with Gasteiger partial charge in [-0.15, -0.1) is 11.3 Å². The highest BCUT2D eigenvalue weighted by Crippen LogP contribution is 2.23. The highest BCUT2D eigenvalue weighted by molar-refractivity contribution is 14.1. The fraction of sp³-hybridized carbons (Fsp3) is 0.0500. The average Bonchev–Trinajstić information content (AvgIpc) is 3.22. The SMILES string of the molecule is N#Cc1ccccc1COc1ccc(/C=N\NC(=O)c2cccs2)cc1I. The summed E-state index contributed by atoms with van der Waals surface area (Å²) in [4.78, 5) is 12.4. The molecule has 0 spiro atoms. The summed E-state index contributed by atoms with van der Waals surface area (Å²) in [5, 5.41) is 15.0. The Morgan fingerprint density at radius 2 is 2.11 bits per heavy atom. The number of nitrogens with zero attached hydrogens (tertiary/aromatic N) is 2. The highest BCUT2D eigenvalue weighted by Gasteiger charge is 2.06. The van der Waals surface area contributed by atoms with E-state index in [1.54, 1.807) is 18.3 Å². The maximum Gasteiger partial charge on any atom is 0.281 e. The number of hydrazone groups is 1. The molecule has 3 aromatic rings. The number of carbonyl (C=O) groups is 1. The first-order valence-corrected chi connectivity index (χ1v) is 9.90. The number of nitriles is 1. The van der Waals surface area contributed by atoms with E-state index in [0.29, 0.717) is 17.0 Å². The molecule has 1 aromatic heterocycles. The van der Waals surface area contributed by atoms with E-state index in [0.717, 1.165) is 20.4 Å². The van der Waals surface area contributed by atoms with Crippen molar-refractivity contribution in [3.8, 4) is 11.8 Å². The fourth-order valence-corrected chi connectivity index (χ4v) is 3.56. The van der Waals surface area contributed by atoms with Gasteiger partial charge in [-0.3, -0.25) is 4.79 Å². The maximum absolute atomic E-state index is 11.8. The second kappa shape index (κ2) is 9.30. The Hall–Kier alpha value is -2.70. The van der Waals surface area contributed by atoms with E-state index in [1.807, 2.05) is 47.8 Å². The molecule has 0 unspecified atom stereocenters. The normalized spacial score (nSPS) is 10.5. The molecule has 1 heterocycles. The molecule has 7 heteroatoms. The molecule has 1 amide bonds. The molecule has 0 atom stereocenters. The Balaban J connectivity index is 1.61. The van der Waals surface area contributed by atoms with Crippen LogP contribution in [0.15, 0.2) is 65.1 Å². The van der Waals surface area contributed by atoms with Crippen LogP contribution in [0, 0.1) is 14.9 Å². The lowest BCUT2D eigenvalue weighted by Gasteiger charge is -2.10. The van der Waals surface area contributed by atoms with Crippen LogP contribution in [0.25, 0.3) is 0 Å². The number of amides is 1. The number of rotatable bonds is 6. The Morgan fingerprint density at radius 3 is 2.85 bits per heavy atom. The van der Waals surface area contributed by atoms with Gasteiger partial charge in [0.2, 0.25) is 0 Å². The fourth-order valence-electron chi connectivity index (χ4n) is 2.25. The number of hydrogen-bond donors (Lipinski definition) is 1. The van der Waals surface area contributed by atoms with Gasteiger partial charge in [0, 0.05) is 5.56 Å². The van der Waals surface area contributed by atoms with Gasteiger partial charge in [-0.05, 0) is 63.9 Å². The van der Waals surface area contributed by atoms with Crippen molar-refractivity contribution in [3.63, 3.8) is 0 Å². The molecule has 0 radical (unpaired) electrons. The van der Waals surface area contributed by atoms with Crippen molar-refractivity contribution in [3.05, 3.63) is 85.1 Å². The number of carbonyl (C=O) groups excluding carboxylic acids is 1. The molecule has 0 aliphatic heterocycles. The molecular formula is C20H14IN3O2S. The molecule has 134 valence electrons. The third-order valence-corrected chi connectivity index (χ3v) is 5.31.